The van der Waals surface area contributed by atoms with Crippen LogP contribution in [-0.4, -0.2) is 29.9 Å². The quantitative estimate of drug-likeness (QED) is 0.824. The van der Waals surface area contributed by atoms with Crippen molar-refractivity contribution in [2.45, 2.75) is 26.2 Å². The van der Waals surface area contributed by atoms with Crippen LogP contribution in [-0.2, 0) is 10.2 Å². The summed E-state index contributed by atoms with van der Waals surface area (Å²) in [7, 11) is 0. The van der Waals surface area contributed by atoms with Crippen LogP contribution >= 0.6 is 0 Å². The number of β-amino-alcohol motifs (C(OH)–C–C–N with tert-alkyl or cyclic N) is 1. The van der Waals surface area contributed by atoms with Gasteiger partial charge in [-0.05, 0) is 44.5 Å². The largest absolute Gasteiger partial charge is 0.395 e. The van der Waals surface area contributed by atoms with Crippen LogP contribution in [0.3, 0.4) is 0 Å². The predicted molar refractivity (Wildman–Crippen MR) is 68.9 cm³/mol. The van der Waals surface area contributed by atoms with E-state index in [-0.39, 0.29) is 24.8 Å². The molecule has 0 spiro atoms. The molecule has 0 fully saturated rings. The molecule has 0 saturated carbocycles. The van der Waals surface area contributed by atoms with Gasteiger partial charge in [-0.2, -0.15) is 0 Å². The molecule has 0 radical (unpaired) electrons. The van der Waals surface area contributed by atoms with E-state index in [9.17, 15) is 9.59 Å². The Labute approximate surface area is 106 Å². The van der Waals surface area contributed by atoms with Gasteiger partial charge in [0.15, 0.2) is 5.78 Å². The number of hydrogen-bond acceptors (Lipinski definition) is 3. The van der Waals surface area contributed by atoms with Crippen molar-refractivity contribution in [3.8, 4) is 0 Å². The second-order valence-corrected chi connectivity index (χ2v) is 5.09. The van der Waals surface area contributed by atoms with Crippen molar-refractivity contribution >= 4 is 17.4 Å². The fourth-order valence-corrected chi connectivity index (χ4v) is 2.38. The van der Waals surface area contributed by atoms with Gasteiger partial charge in [-0.15, -0.1) is 0 Å². The predicted octanol–water partition coefficient (Wildman–Crippen LogP) is 1.51. The molecule has 1 heterocycles. The molecule has 1 aromatic rings. The van der Waals surface area contributed by atoms with Gasteiger partial charge in [0.2, 0.25) is 5.91 Å². The maximum Gasteiger partial charge on any atom is 0.237 e. The number of fused-ring (bicyclic) bond motifs is 1. The van der Waals surface area contributed by atoms with Crippen molar-refractivity contribution in [3.63, 3.8) is 0 Å². The molecule has 0 aliphatic carbocycles. The van der Waals surface area contributed by atoms with Gasteiger partial charge in [0.05, 0.1) is 12.0 Å². The zero-order chi connectivity index (χ0) is 13.5. The molecule has 4 heteroatoms. The van der Waals surface area contributed by atoms with Crippen LogP contribution in [0.25, 0.3) is 0 Å². The molecule has 1 aromatic carbocycles. The van der Waals surface area contributed by atoms with Crippen molar-refractivity contribution in [2.75, 3.05) is 18.1 Å². The smallest absolute Gasteiger partial charge is 0.237 e. The number of anilines is 1. The molecule has 0 bridgehead atoms. The third kappa shape index (κ3) is 1.73. The molecule has 96 valence electrons. The van der Waals surface area contributed by atoms with Gasteiger partial charge in [-0.1, -0.05) is 0 Å². The lowest BCUT2D eigenvalue weighted by molar-refractivity contribution is -0.122. The minimum atomic E-state index is -0.643. The van der Waals surface area contributed by atoms with Crippen molar-refractivity contribution in [2.24, 2.45) is 0 Å². The number of aliphatic hydroxyl groups is 1. The number of benzene rings is 1. The van der Waals surface area contributed by atoms with Crippen molar-refractivity contribution in [1.82, 2.24) is 0 Å². The van der Waals surface area contributed by atoms with Crippen LogP contribution < -0.4 is 4.90 Å². The van der Waals surface area contributed by atoms with E-state index in [2.05, 4.69) is 0 Å². The van der Waals surface area contributed by atoms with E-state index in [0.29, 0.717) is 5.56 Å². The van der Waals surface area contributed by atoms with Crippen LogP contribution in [0.1, 0.15) is 36.7 Å². The summed E-state index contributed by atoms with van der Waals surface area (Å²) in [5, 5.41) is 9.04. The topological polar surface area (TPSA) is 57.6 Å². The van der Waals surface area contributed by atoms with Crippen molar-refractivity contribution in [3.05, 3.63) is 29.3 Å². The Kier molecular flexibility index (Phi) is 2.99. The molecule has 0 unspecified atom stereocenters. The zero-order valence-electron chi connectivity index (χ0n) is 10.9. The highest BCUT2D eigenvalue weighted by atomic mass is 16.3. The average Bonchev–Trinajstić information content (AvgIpc) is 2.51. The first-order valence-electron chi connectivity index (χ1n) is 5.98. The van der Waals surface area contributed by atoms with Crippen LogP contribution in [0.15, 0.2) is 18.2 Å². The maximum absolute atomic E-state index is 12.3. The Morgan fingerprint density at radius 2 is 2.06 bits per heavy atom. The number of carbonyl (C=O) groups excluding carboxylic acids is 2. The molecule has 2 rings (SSSR count). The van der Waals surface area contributed by atoms with Gasteiger partial charge >= 0.3 is 0 Å². The first-order valence-corrected chi connectivity index (χ1v) is 5.98. The monoisotopic (exact) mass is 247 g/mol. The van der Waals surface area contributed by atoms with Crippen LogP contribution in [0, 0.1) is 0 Å². The summed E-state index contributed by atoms with van der Waals surface area (Å²) in [6, 6.07) is 5.29. The van der Waals surface area contributed by atoms with Gasteiger partial charge in [0.25, 0.3) is 0 Å². The highest BCUT2D eigenvalue weighted by Crippen LogP contribution is 2.41. The molecular weight excluding hydrogens is 230 g/mol. The highest BCUT2D eigenvalue weighted by molar-refractivity contribution is 6.08. The zero-order valence-corrected chi connectivity index (χ0v) is 10.9. The van der Waals surface area contributed by atoms with Gasteiger partial charge < -0.3 is 10.0 Å². The SMILES string of the molecule is CC(=O)c1ccc2c(c1)C(C)(C)C(=O)N2CCO. The van der Waals surface area contributed by atoms with Gasteiger partial charge in [0, 0.05) is 17.8 Å². The number of Topliss-reactive ketones (excluding diaryl/α,β-unsaturated/α-hetero) is 1. The number of aliphatic hydroxyl groups excluding tert-OH is 1. The third-order valence-corrected chi connectivity index (χ3v) is 3.47. The lowest BCUT2D eigenvalue weighted by atomic mass is 9.85. The van der Waals surface area contributed by atoms with E-state index in [1.807, 2.05) is 13.8 Å². The van der Waals surface area contributed by atoms with Crippen molar-refractivity contribution < 1.29 is 14.7 Å². The van der Waals surface area contributed by atoms with Gasteiger partial charge in [0.1, 0.15) is 0 Å². The Morgan fingerprint density at radius 3 is 2.61 bits per heavy atom. The van der Waals surface area contributed by atoms with Crippen LogP contribution in [0.5, 0.6) is 0 Å². The van der Waals surface area contributed by atoms with Gasteiger partial charge in [-0.3, -0.25) is 9.59 Å². The third-order valence-electron chi connectivity index (χ3n) is 3.47. The summed E-state index contributed by atoms with van der Waals surface area (Å²) in [6.07, 6.45) is 0. The highest BCUT2D eigenvalue weighted by Gasteiger charge is 2.43. The van der Waals surface area contributed by atoms with Gasteiger partial charge in [-0.25, -0.2) is 0 Å². The number of carbonyl (C=O) groups is 2. The number of ketones is 1. The number of amides is 1. The Morgan fingerprint density at radius 1 is 1.39 bits per heavy atom. The maximum atomic E-state index is 12.3. The van der Waals surface area contributed by atoms with Crippen LogP contribution in [0.4, 0.5) is 5.69 Å². The fourth-order valence-electron chi connectivity index (χ4n) is 2.38. The number of hydrogen-bond donors (Lipinski definition) is 1. The fraction of sp³-hybridized carbons (Fsp3) is 0.429. The summed E-state index contributed by atoms with van der Waals surface area (Å²) in [5.74, 6) is -0.0473. The number of rotatable bonds is 3. The molecule has 0 aromatic heterocycles. The minimum absolute atomic E-state index is 0.0124. The molecular formula is C14H17NO3. The summed E-state index contributed by atoms with van der Waals surface area (Å²) in [5.41, 5.74) is 1.62. The van der Waals surface area contributed by atoms with Crippen LogP contribution in [0.2, 0.25) is 0 Å². The Balaban J connectivity index is 2.57. The van der Waals surface area contributed by atoms with E-state index in [4.69, 9.17) is 5.11 Å². The molecule has 1 aliphatic rings. The molecule has 1 aliphatic heterocycles. The first kappa shape index (κ1) is 12.8. The lowest BCUT2D eigenvalue weighted by Crippen LogP contribution is -2.37. The normalized spacial score (nSPS) is 16.9. The summed E-state index contributed by atoms with van der Waals surface area (Å²) >= 11 is 0. The Hall–Kier alpha value is -1.68. The molecule has 1 N–H and O–H groups in total. The molecule has 0 atom stereocenters. The summed E-state index contributed by atoms with van der Waals surface area (Å²) < 4.78 is 0. The molecule has 4 nitrogen and oxygen atoms in total. The second kappa shape index (κ2) is 4.21. The summed E-state index contributed by atoms with van der Waals surface area (Å²) in [6.45, 7) is 5.41. The molecule has 0 saturated heterocycles. The lowest BCUT2D eigenvalue weighted by Gasteiger charge is -2.19. The standard InChI is InChI=1S/C14H17NO3/c1-9(17)10-4-5-12-11(8-10)14(2,3)13(18)15(12)6-7-16/h4-5,8,16H,6-7H2,1-3H3. The van der Waals surface area contributed by atoms with E-state index in [1.165, 1.54) is 6.92 Å². The average molecular weight is 247 g/mol. The minimum Gasteiger partial charge on any atom is -0.395 e. The van der Waals surface area contributed by atoms with E-state index in [0.717, 1.165) is 11.3 Å². The summed E-state index contributed by atoms with van der Waals surface area (Å²) in [4.78, 5) is 25.3. The van der Waals surface area contributed by atoms with E-state index in [1.54, 1.807) is 23.1 Å². The van der Waals surface area contributed by atoms with E-state index >= 15 is 0 Å². The molecule has 1 amide bonds. The number of nitrogens with zero attached hydrogens (tertiary/aromatic N) is 1. The molecule has 18 heavy (non-hydrogen) atoms. The Bertz CT molecular complexity index is 520. The van der Waals surface area contributed by atoms with Crippen molar-refractivity contribution in [1.29, 1.82) is 0 Å². The first-order chi connectivity index (χ1) is 8.39. The second-order valence-electron chi connectivity index (χ2n) is 5.09. The van der Waals surface area contributed by atoms with E-state index < -0.39 is 5.41 Å².